The van der Waals surface area contributed by atoms with Crippen LogP contribution in [0.5, 0.6) is 0 Å². The number of dihydropyridines is 1. The number of ether oxygens (including phenoxy) is 1. The molecule has 8 nitrogen and oxygen atoms in total. The van der Waals surface area contributed by atoms with Gasteiger partial charge >= 0.3 is 5.97 Å². The van der Waals surface area contributed by atoms with E-state index < -0.39 is 28.1 Å². The van der Waals surface area contributed by atoms with Gasteiger partial charge in [0.05, 0.1) is 10.8 Å². The van der Waals surface area contributed by atoms with Crippen LogP contribution in [0, 0.1) is 10.1 Å². The predicted octanol–water partition coefficient (Wildman–Crippen LogP) is 2.64. The van der Waals surface area contributed by atoms with Crippen LogP contribution in [0.4, 0.5) is 5.69 Å². The van der Waals surface area contributed by atoms with Crippen LogP contribution in [-0.4, -0.2) is 33.9 Å². The van der Waals surface area contributed by atoms with Crippen molar-refractivity contribution in [2.24, 2.45) is 0 Å². The highest BCUT2D eigenvalue weighted by Gasteiger charge is 2.42. The number of nitro benzene ring substituents is 1. The third kappa shape index (κ3) is 5.07. The van der Waals surface area contributed by atoms with E-state index in [1.165, 1.54) is 30.3 Å². The summed E-state index contributed by atoms with van der Waals surface area (Å²) in [6, 6.07) is 5.04. The molecule has 1 aromatic carbocycles. The zero-order chi connectivity index (χ0) is 20.2. The normalized spacial score (nSPS) is 18.9. The first-order valence-electron chi connectivity index (χ1n) is 8.09. The SMILES string of the molecule is CC(C)(C)OC(=O)C1(NC(=O)c2ccc([N+](=O)[O-])cc2)C=CC=C(CCl)N1. The lowest BCUT2D eigenvalue weighted by molar-refractivity contribution is -0.384. The third-order valence-electron chi connectivity index (χ3n) is 3.52. The Kier molecular flexibility index (Phi) is 5.90. The molecule has 1 aliphatic rings. The Bertz CT molecular complexity index is 811. The number of allylic oxidation sites excluding steroid dienone is 3. The molecule has 27 heavy (non-hydrogen) atoms. The van der Waals surface area contributed by atoms with Gasteiger partial charge in [-0.15, -0.1) is 11.6 Å². The van der Waals surface area contributed by atoms with Gasteiger partial charge in [0.15, 0.2) is 0 Å². The highest BCUT2D eigenvalue weighted by atomic mass is 35.5. The Balaban J connectivity index is 2.30. The predicted molar refractivity (Wildman–Crippen MR) is 100 cm³/mol. The van der Waals surface area contributed by atoms with Crippen LogP contribution in [0.15, 0.2) is 48.2 Å². The van der Waals surface area contributed by atoms with Crippen molar-refractivity contribution >= 4 is 29.2 Å². The van der Waals surface area contributed by atoms with E-state index in [1.807, 2.05) is 0 Å². The Morgan fingerprint density at radius 2 is 1.93 bits per heavy atom. The summed E-state index contributed by atoms with van der Waals surface area (Å²) in [7, 11) is 0. The van der Waals surface area contributed by atoms with Crippen LogP contribution in [0.2, 0.25) is 0 Å². The van der Waals surface area contributed by atoms with Crippen molar-refractivity contribution < 1.29 is 19.2 Å². The number of rotatable bonds is 5. The molecule has 1 amide bonds. The molecule has 1 aliphatic heterocycles. The summed E-state index contributed by atoms with van der Waals surface area (Å²) >= 11 is 5.85. The maximum Gasteiger partial charge on any atom is 0.357 e. The molecule has 2 rings (SSSR count). The minimum atomic E-state index is -1.65. The van der Waals surface area contributed by atoms with E-state index in [0.717, 1.165) is 0 Å². The van der Waals surface area contributed by atoms with Crippen LogP contribution in [-0.2, 0) is 9.53 Å². The second kappa shape index (κ2) is 7.79. The van der Waals surface area contributed by atoms with Crippen LogP contribution < -0.4 is 10.6 Å². The first-order chi connectivity index (χ1) is 12.6. The van der Waals surface area contributed by atoms with E-state index in [1.54, 1.807) is 32.9 Å². The summed E-state index contributed by atoms with van der Waals surface area (Å²) in [6.45, 7) is 5.13. The van der Waals surface area contributed by atoms with Crippen molar-refractivity contribution in [3.05, 3.63) is 63.9 Å². The van der Waals surface area contributed by atoms with Crippen molar-refractivity contribution in [2.75, 3.05) is 5.88 Å². The summed E-state index contributed by atoms with van der Waals surface area (Å²) in [5.74, 6) is -1.22. The molecule has 1 heterocycles. The number of hydrogen-bond donors (Lipinski definition) is 2. The third-order valence-corrected chi connectivity index (χ3v) is 3.81. The fraction of sp³-hybridized carbons (Fsp3) is 0.333. The average molecular weight is 394 g/mol. The summed E-state index contributed by atoms with van der Waals surface area (Å²) in [5, 5.41) is 16.2. The lowest BCUT2D eigenvalue weighted by Gasteiger charge is -2.36. The molecule has 1 aromatic rings. The summed E-state index contributed by atoms with van der Waals surface area (Å²) < 4.78 is 5.43. The summed E-state index contributed by atoms with van der Waals surface area (Å²) in [6.07, 6.45) is 4.72. The highest BCUT2D eigenvalue weighted by molar-refractivity contribution is 6.19. The molecule has 2 N–H and O–H groups in total. The van der Waals surface area contributed by atoms with Gasteiger partial charge in [-0.05, 0) is 45.1 Å². The smallest absolute Gasteiger partial charge is 0.357 e. The van der Waals surface area contributed by atoms with Gasteiger partial charge in [-0.3, -0.25) is 14.9 Å². The number of carbonyl (C=O) groups excluding carboxylic acids is 2. The second-order valence-electron chi connectivity index (χ2n) is 6.88. The Morgan fingerprint density at radius 3 is 2.44 bits per heavy atom. The number of nitrogens with zero attached hydrogens (tertiary/aromatic N) is 1. The molecule has 0 saturated carbocycles. The Labute approximate surface area is 161 Å². The topological polar surface area (TPSA) is 111 Å². The Morgan fingerprint density at radius 1 is 1.30 bits per heavy atom. The number of benzene rings is 1. The molecule has 1 atom stereocenters. The minimum absolute atomic E-state index is 0.0995. The number of carbonyl (C=O) groups is 2. The van der Waals surface area contributed by atoms with Crippen molar-refractivity contribution in [3.63, 3.8) is 0 Å². The number of nitro groups is 1. The Hall–Kier alpha value is -2.87. The molecule has 0 aliphatic carbocycles. The molecule has 0 spiro atoms. The van der Waals surface area contributed by atoms with E-state index in [4.69, 9.17) is 16.3 Å². The van der Waals surface area contributed by atoms with Crippen molar-refractivity contribution in [2.45, 2.75) is 32.0 Å². The largest absolute Gasteiger partial charge is 0.457 e. The van der Waals surface area contributed by atoms with E-state index in [2.05, 4.69) is 10.6 Å². The van der Waals surface area contributed by atoms with Crippen LogP contribution >= 0.6 is 11.6 Å². The number of amides is 1. The molecule has 0 bridgehead atoms. The second-order valence-corrected chi connectivity index (χ2v) is 7.14. The van der Waals surface area contributed by atoms with Gasteiger partial charge in [-0.1, -0.05) is 6.08 Å². The average Bonchev–Trinajstić information content (AvgIpc) is 2.60. The van der Waals surface area contributed by atoms with Gasteiger partial charge < -0.3 is 15.4 Å². The van der Waals surface area contributed by atoms with Crippen molar-refractivity contribution in [1.82, 2.24) is 10.6 Å². The number of nitrogens with one attached hydrogen (secondary N) is 2. The van der Waals surface area contributed by atoms with Crippen LogP contribution in [0.25, 0.3) is 0 Å². The molecule has 0 saturated heterocycles. The molecular weight excluding hydrogens is 374 g/mol. The van der Waals surface area contributed by atoms with E-state index in [0.29, 0.717) is 5.70 Å². The van der Waals surface area contributed by atoms with Crippen molar-refractivity contribution in [1.29, 1.82) is 0 Å². The standard InChI is InChI=1S/C18H20ClN3O5/c1-17(2,3)27-16(24)18(10-4-5-13(11-19)20-18)21-15(23)12-6-8-14(9-7-12)22(25)26/h4-10,20H,11H2,1-3H3,(H,21,23). The quantitative estimate of drug-likeness (QED) is 0.344. The fourth-order valence-electron chi connectivity index (χ4n) is 2.31. The van der Waals surface area contributed by atoms with Crippen LogP contribution in [0.3, 0.4) is 0 Å². The van der Waals surface area contributed by atoms with Crippen molar-refractivity contribution in [3.8, 4) is 0 Å². The maximum absolute atomic E-state index is 12.8. The molecular formula is C18H20ClN3O5. The van der Waals surface area contributed by atoms with E-state index in [-0.39, 0.29) is 17.1 Å². The molecule has 0 fully saturated rings. The summed E-state index contributed by atoms with van der Waals surface area (Å²) in [4.78, 5) is 35.6. The fourth-order valence-corrected chi connectivity index (χ4v) is 2.47. The summed E-state index contributed by atoms with van der Waals surface area (Å²) in [5.41, 5.74) is -1.89. The van der Waals surface area contributed by atoms with Crippen LogP contribution in [0.1, 0.15) is 31.1 Å². The monoisotopic (exact) mass is 393 g/mol. The lowest BCUT2D eigenvalue weighted by atomic mass is 10.0. The lowest BCUT2D eigenvalue weighted by Crippen LogP contribution is -2.64. The number of esters is 1. The number of hydrogen-bond acceptors (Lipinski definition) is 6. The number of halogens is 1. The molecule has 0 aromatic heterocycles. The first kappa shape index (κ1) is 20.4. The van der Waals surface area contributed by atoms with Gasteiger partial charge in [0.1, 0.15) is 5.60 Å². The zero-order valence-electron chi connectivity index (χ0n) is 15.1. The van der Waals surface area contributed by atoms with Gasteiger partial charge in [0.25, 0.3) is 11.6 Å². The van der Waals surface area contributed by atoms with Gasteiger partial charge in [-0.25, -0.2) is 4.79 Å². The number of non-ortho nitro benzene ring substituents is 1. The van der Waals surface area contributed by atoms with E-state index >= 15 is 0 Å². The maximum atomic E-state index is 12.8. The first-order valence-corrected chi connectivity index (χ1v) is 8.63. The zero-order valence-corrected chi connectivity index (χ0v) is 15.9. The van der Waals surface area contributed by atoms with Gasteiger partial charge in [0.2, 0.25) is 5.66 Å². The molecule has 9 heteroatoms. The molecule has 144 valence electrons. The van der Waals surface area contributed by atoms with Gasteiger partial charge in [-0.2, -0.15) is 0 Å². The number of alkyl halides is 1. The molecule has 0 radical (unpaired) electrons. The van der Waals surface area contributed by atoms with Gasteiger partial charge in [0, 0.05) is 23.4 Å². The highest BCUT2D eigenvalue weighted by Crippen LogP contribution is 2.20. The molecule has 1 unspecified atom stereocenters. The van der Waals surface area contributed by atoms with E-state index in [9.17, 15) is 19.7 Å². The minimum Gasteiger partial charge on any atom is -0.457 e.